The first-order valence-corrected chi connectivity index (χ1v) is 12.1. The number of rotatable bonds is 6. The van der Waals surface area contributed by atoms with E-state index in [1.165, 1.54) is 5.56 Å². The molecule has 1 aromatic heterocycles. The lowest BCUT2D eigenvalue weighted by molar-refractivity contribution is -0.197. The number of aliphatic hydroxyl groups excluding tert-OH is 1. The minimum absolute atomic E-state index is 0.0395. The van der Waals surface area contributed by atoms with E-state index in [4.69, 9.17) is 10.5 Å². The lowest BCUT2D eigenvalue weighted by Gasteiger charge is -2.57. The fraction of sp³-hybridized carbons (Fsp3) is 0.556. The summed E-state index contributed by atoms with van der Waals surface area (Å²) in [5.74, 6) is 0.331. The molecule has 0 radical (unpaired) electrons. The van der Waals surface area contributed by atoms with Crippen molar-refractivity contribution in [3.8, 4) is 11.1 Å². The van der Waals surface area contributed by atoms with Crippen molar-refractivity contribution in [2.45, 2.75) is 58.1 Å². The molecule has 1 spiro atoms. The van der Waals surface area contributed by atoms with Crippen LogP contribution < -0.4 is 5.73 Å². The lowest BCUT2D eigenvalue weighted by atomic mass is 9.71. The molecule has 2 aliphatic heterocycles. The topological polar surface area (TPSA) is 88.7 Å². The monoisotopic (exact) mass is 449 g/mol. The Hall–Kier alpha value is -2.28. The number of pyridine rings is 1. The van der Waals surface area contributed by atoms with E-state index in [9.17, 15) is 9.90 Å². The Kier molecular flexibility index (Phi) is 5.79. The number of nitrogens with zero attached hydrogens (tertiary/aromatic N) is 2. The molecule has 0 unspecified atom stereocenters. The first-order chi connectivity index (χ1) is 15.8. The molecule has 0 amide bonds. The van der Waals surface area contributed by atoms with Crippen LogP contribution in [0.2, 0.25) is 0 Å². The number of ether oxygens (including phenoxy) is 1. The molecule has 0 bridgehead atoms. The molecule has 6 nitrogen and oxygen atoms in total. The third kappa shape index (κ3) is 4.44. The van der Waals surface area contributed by atoms with Crippen molar-refractivity contribution in [3.05, 3.63) is 47.7 Å². The van der Waals surface area contributed by atoms with Gasteiger partial charge in [-0.25, -0.2) is 4.98 Å². The van der Waals surface area contributed by atoms with Crippen LogP contribution in [0.1, 0.15) is 67.9 Å². The van der Waals surface area contributed by atoms with Crippen molar-refractivity contribution in [2.24, 2.45) is 10.8 Å². The second-order valence-corrected chi connectivity index (χ2v) is 11.0. The number of carbonyl (C=O) groups is 1. The van der Waals surface area contributed by atoms with Gasteiger partial charge in [0.15, 0.2) is 5.78 Å². The third-order valence-corrected chi connectivity index (χ3v) is 8.14. The summed E-state index contributed by atoms with van der Waals surface area (Å²) in [6, 6.07) is 10.8. The van der Waals surface area contributed by atoms with Crippen LogP contribution in [-0.4, -0.2) is 53.2 Å². The molecule has 1 aromatic carbocycles. The minimum atomic E-state index is -0.233. The van der Waals surface area contributed by atoms with E-state index in [1.54, 1.807) is 6.20 Å². The van der Waals surface area contributed by atoms with Crippen LogP contribution >= 0.6 is 0 Å². The summed E-state index contributed by atoms with van der Waals surface area (Å²) in [5, 5.41) is 9.81. The van der Waals surface area contributed by atoms with Crippen LogP contribution in [0, 0.1) is 10.8 Å². The van der Waals surface area contributed by atoms with Gasteiger partial charge in [-0.1, -0.05) is 31.2 Å². The number of aromatic nitrogens is 1. The summed E-state index contributed by atoms with van der Waals surface area (Å²) in [5.41, 5.74) is 10.2. The molecular formula is C27H35N3O3. The van der Waals surface area contributed by atoms with Crippen molar-refractivity contribution in [1.82, 2.24) is 9.88 Å². The molecule has 1 aliphatic carbocycles. The standard InChI is InChI=1S/C27H35N3O3/c1-18(30-14-27(15-30)16-33-17-27)19-3-5-20(6-4-19)21-11-23(25(28)29-13-21)24(32)12-26(2)9-7-22(31)8-10-26/h3-6,11,13,18,22,31H,7-10,12,14-17H2,1-2H3,(H2,28,29)/t18-,22?,26?/m1/s1. The SMILES string of the molecule is C[C@H](c1ccc(-c2cnc(N)c(C(=O)CC3(C)CCC(O)CC3)c2)cc1)N1CC2(COC2)C1. The number of Topliss-reactive ketones (excluding diaryl/α,β-unsaturated/α-hetero) is 1. The number of ketones is 1. The van der Waals surface area contributed by atoms with Crippen molar-refractivity contribution >= 4 is 11.6 Å². The highest BCUT2D eigenvalue weighted by Gasteiger charge is 2.50. The summed E-state index contributed by atoms with van der Waals surface area (Å²) < 4.78 is 5.39. The van der Waals surface area contributed by atoms with Gasteiger partial charge in [-0.3, -0.25) is 9.69 Å². The Morgan fingerprint density at radius 1 is 1.21 bits per heavy atom. The smallest absolute Gasteiger partial charge is 0.167 e. The van der Waals surface area contributed by atoms with E-state index in [0.717, 1.165) is 63.1 Å². The summed E-state index contributed by atoms with van der Waals surface area (Å²) in [7, 11) is 0. The zero-order valence-electron chi connectivity index (χ0n) is 19.7. The quantitative estimate of drug-likeness (QED) is 0.642. The fourth-order valence-corrected chi connectivity index (χ4v) is 5.64. The Labute approximate surface area is 196 Å². The van der Waals surface area contributed by atoms with Gasteiger partial charge >= 0.3 is 0 Å². The first kappa shape index (κ1) is 22.5. The van der Waals surface area contributed by atoms with Gasteiger partial charge in [0.1, 0.15) is 5.82 Å². The molecule has 3 heterocycles. The number of likely N-dealkylation sites (tertiary alicyclic amines) is 1. The molecule has 3 fully saturated rings. The van der Waals surface area contributed by atoms with Crippen LogP contribution in [0.5, 0.6) is 0 Å². The maximum atomic E-state index is 13.1. The van der Waals surface area contributed by atoms with E-state index >= 15 is 0 Å². The fourth-order valence-electron chi connectivity index (χ4n) is 5.64. The van der Waals surface area contributed by atoms with Gasteiger partial charge in [-0.2, -0.15) is 0 Å². The normalized spacial score (nSPS) is 27.5. The lowest BCUT2D eigenvalue weighted by Crippen LogP contribution is -2.66. The van der Waals surface area contributed by atoms with Crippen molar-refractivity contribution < 1.29 is 14.6 Å². The van der Waals surface area contributed by atoms with Crippen molar-refractivity contribution in [1.29, 1.82) is 0 Å². The predicted molar refractivity (Wildman–Crippen MR) is 129 cm³/mol. The molecule has 1 atom stereocenters. The van der Waals surface area contributed by atoms with Gasteiger partial charge in [-0.05, 0) is 55.2 Å². The van der Waals surface area contributed by atoms with Crippen LogP contribution in [-0.2, 0) is 4.74 Å². The Balaban J connectivity index is 1.28. The second-order valence-electron chi connectivity index (χ2n) is 11.0. The summed E-state index contributed by atoms with van der Waals surface area (Å²) in [4.78, 5) is 20.0. The number of anilines is 1. The summed E-state index contributed by atoms with van der Waals surface area (Å²) in [6.45, 7) is 8.43. The molecule has 5 rings (SSSR count). The molecule has 1 saturated carbocycles. The van der Waals surface area contributed by atoms with E-state index in [1.807, 2.05) is 6.07 Å². The predicted octanol–water partition coefficient (Wildman–Crippen LogP) is 4.24. The minimum Gasteiger partial charge on any atom is -0.393 e. The molecule has 176 valence electrons. The molecule has 3 N–H and O–H groups in total. The average Bonchev–Trinajstić information content (AvgIpc) is 2.74. The van der Waals surface area contributed by atoms with Gasteiger partial charge in [0, 0.05) is 42.7 Å². The summed E-state index contributed by atoms with van der Waals surface area (Å²) >= 11 is 0. The first-order valence-electron chi connectivity index (χ1n) is 12.1. The van der Waals surface area contributed by atoms with Crippen LogP contribution in [0.4, 0.5) is 5.82 Å². The van der Waals surface area contributed by atoms with Gasteiger partial charge in [-0.15, -0.1) is 0 Å². The summed E-state index contributed by atoms with van der Waals surface area (Å²) in [6.07, 6.45) is 5.19. The number of carbonyl (C=O) groups excluding carboxylic acids is 1. The average molecular weight is 450 g/mol. The van der Waals surface area contributed by atoms with Crippen molar-refractivity contribution in [3.63, 3.8) is 0 Å². The number of hydrogen-bond acceptors (Lipinski definition) is 6. The zero-order valence-corrected chi connectivity index (χ0v) is 19.7. The molecule has 2 aromatic rings. The van der Waals surface area contributed by atoms with Gasteiger partial charge in [0.05, 0.1) is 24.9 Å². The van der Waals surface area contributed by atoms with E-state index in [0.29, 0.717) is 29.3 Å². The number of nitrogen functional groups attached to an aromatic ring is 1. The highest BCUT2D eigenvalue weighted by Crippen LogP contribution is 2.42. The third-order valence-electron chi connectivity index (χ3n) is 8.14. The number of hydrogen-bond donors (Lipinski definition) is 2. The maximum Gasteiger partial charge on any atom is 0.167 e. The van der Waals surface area contributed by atoms with Gasteiger partial charge in [0.2, 0.25) is 0 Å². The second kappa shape index (κ2) is 8.49. The number of benzene rings is 1. The largest absolute Gasteiger partial charge is 0.393 e. The van der Waals surface area contributed by atoms with Crippen LogP contribution in [0.25, 0.3) is 11.1 Å². The highest BCUT2D eigenvalue weighted by atomic mass is 16.5. The Bertz CT molecular complexity index is 1020. The molecule has 33 heavy (non-hydrogen) atoms. The van der Waals surface area contributed by atoms with Gasteiger partial charge in [0.25, 0.3) is 0 Å². The molecule has 2 saturated heterocycles. The van der Waals surface area contributed by atoms with Crippen molar-refractivity contribution in [2.75, 3.05) is 32.0 Å². The van der Waals surface area contributed by atoms with Crippen LogP contribution in [0.15, 0.2) is 36.5 Å². The zero-order chi connectivity index (χ0) is 23.2. The Morgan fingerprint density at radius 3 is 2.48 bits per heavy atom. The number of aliphatic hydroxyl groups is 1. The molecular weight excluding hydrogens is 414 g/mol. The molecule has 6 heteroatoms. The van der Waals surface area contributed by atoms with E-state index < -0.39 is 0 Å². The van der Waals surface area contributed by atoms with E-state index in [-0.39, 0.29) is 17.3 Å². The highest BCUT2D eigenvalue weighted by molar-refractivity contribution is 6.01. The maximum absolute atomic E-state index is 13.1. The molecule has 3 aliphatic rings. The van der Waals surface area contributed by atoms with E-state index in [2.05, 4.69) is 48.0 Å². The van der Waals surface area contributed by atoms with Crippen LogP contribution in [0.3, 0.4) is 0 Å². The number of nitrogens with two attached hydrogens (primary N) is 1. The Morgan fingerprint density at radius 2 is 1.88 bits per heavy atom. The van der Waals surface area contributed by atoms with Gasteiger partial charge < -0.3 is 15.6 Å².